The fourth-order valence-corrected chi connectivity index (χ4v) is 2.38. The van der Waals surface area contributed by atoms with Crippen LogP contribution in [0.25, 0.3) is 16.9 Å². The number of hydrogen-bond donors (Lipinski definition) is 1. The van der Waals surface area contributed by atoms with Gasteiger partial charge in [0, 0.05) is 16.8 Å². The van der Waals surface area contributed by atoms with Gasteiger partial charge in [-0.05, 0) is 36.8 Å². The van der Waals surface area contributed by atoms with E-state index in [1.54, 1.807) is 10.5 Å². The molecule has 19 heavy (non-hydrogen) atoms. The minimum atomic E-state index is 0.569. The minimum Gasteiger partial charge on any atom is -0.383 e. The lowest BCUT2D eigenvalue weighted by Crippen LogP contribution is -1.94. The maximum Gasteiger partial charge on any atom is 0.157 e. The first-order valence-corrected chi connectivity index (χ1v) is 6.52. The van der Waals surface area contributed by atoms with Gasteiger partial charge >= 0.3 is 0 Å². The second-order valence-electron chi connectivity index (χ2n) is 4.36. The molecular weight excluding hydrogens is 281 g/mol. The Balaban J connectivity index is 2.28. The highest BCUT2D eigenvalue weighted by atomic mass is 35.5. The summed E-state index contributed by atoms with van der Waals surface area (Å²) < 4.78 is 1.78. The van der Waals surface area contributed by atoms with Crippen molar-refractivity contribution in [1.29, 1.82) is 0 Å². The van der Waals surface area contributed by atoms with Gasteiger partial charge in [-0.25, -0.2) is 4.98 Å². The van der Waals surface area contributed by atoms with Gasteiger partial charge in [-0.1, -0.05) is 29.3 Å². The number of halogens is 2. The largest absolute Gasteiger partial charge is 0.383 e. The second-order valence-corrected chi connectivity index (χ2v) is 5.17. The molecule has 1 aromatic carbocycles. The zero-order valence-corrected chi connectivity index (χ0v) is 11.7. The summed E-state index contributed by atoms with van der Waals surface area (Å²) in [6.07, 6.45) is 1.84. The number of hydrogen-bond acceptors (Lipinski definition) is 2. The topological polar surface area (TPSA) is 43.3 Å². The fraction of sp³-hybridized carbons (Fsp3) is 0.0714. The molecule has 0 fully saturated rings. The van der Waals surface area contributed by atoms with E-state index in [9.17, 15) is 0 Å². The van der Waals surface area contributed by atoms with E-state index < -0.39 is 0 Å². The molecule has 2 aromatic heterocycles. The Morgan fingerprint density at radius 3 is 2.63 bits per heavy atom. The molecule has 3 aromatic rings. The van der Waals surface area contributed by atoms with Crippen LogP contribution in [0.2, 0.25) is 10.0 Å². The first kappa shape index (κ1) is 12.3. The van der Waals surface area contributed by atoms with Crippen molar-refractivity contribution >= 4 is 34.7 Å². The van der Waals surface area contributed by atoms with Crippen LogP contribution < -0.4 is 5.73 Å². The molecule has 0 atom stereocenters. The van der Waals surface area contributed by atoms with Crippen molar-refractivity contribution in [2.45, 2.75) is 6.92 Å². The summed E-state index contributed by atoms with van der Waals surface area (Å²) in [6.45, 7) is 1.95. The van der Waals surface area contributed by atoms with Gasteiger partial charge in [-0.3, -0.25) is 4.40 Å². The van der Waals surface area contributed by atoms with Crippen LogP contribution >= 0.6 is 23.2 Å². The lowest BCUT2D eigenvalue weighted by Gasteiger charge is -2.02. The Morgan fingerprint density at radius 1 is 1.16 bits per heavy atom. The van der Waals surface area contributed by atoms with Crippen molar-refractivity contribution in [2.75, 3.05) is 5.73 Å². The number of aromatic nitrogens is 2. The summed E-state index contributed by atoms with van der Waals surface area (Å²) >= 11 is 12.2. The Kier molecular flexibility index (Phi) is 2.88. The monoisotopic (exact) mass is 291 g/mol. The quantitative estimate of drug-likeness (QED) is 0.730. The van der Waals surface area contributed by atoms with E-state index in [-0.39, 0.29) is 0 Å². The number of anilines is 1. The molecule has 0 amide bonds. The number of nitrogen functional groups attached to an aromatic ring is 1. The van der Waals surface area contributed by atoms with Crippen LogP contribution in [0.1, 0.15) is 5.56 Å². The van der Waals surface area contributed by atoms with Gasteiger partial charge in [0.05, 0.1) is 5.02 Å². The van der Waals surface area contributed by atoms with E-state index >= 15 is 0 Å². The van der Waals surface area contributed by atoms with Gasteiger partial charge in [0.2, 0.25) is 0 Å². The van der Waals surface area contributed by atoms with Crippen molar-refractivity contribution in [2.24, 2.45) is 0 Å². The van der Waals surface area contributed by atoms with Crippen LogP contribution in [-0.4, -0.2) is 9.38 Å². The Morgan fingerprint density at radius 2 is 1.95 bits per heavy atom. The number of fused-ring (bicyclic) bond motifs is 1. The summed E-state index contributed by atoms with van der Waals surface area (Å²) in [5.74, 6) is 0.569. The molecule has 3 nitrogen and oxygen atoms in total. The van der Waals surface area contributed by atoms with Gasteiger partial charge < -0.3 is 5.73 Å². The standard InChI is InChI=1S/C14H11Cl2N3/c1-8-7-9(4-5-10(8)15)12-13(17)19-6-2-3-11(16)14(19)18-12/h2-7H,17H2,1H3. The Labute approximate surface area is 120 Å². The fourth-order valence-electron chi connectivity index (χ4n) is 2.06. The van der Waals surface area contributed by atoms with Crippen molar-refractivity contribution in [3.8, 4) is 11.3 Å². The Bertz CT molecular complexity index is 778. The molecule has 3 rings (SSSR count). The van der Waals surface area contributed by atoms with E-state index in [1.165, 1.54) is 0 Å². The molecule has 0 radical (unpaired) electrons. The number of benzene rings is 1. The highest BCUT2D eigenvalue weighted by Gasteiger charge is 2.13. The predicted molar refractivity (Wildman–Crippen MR) is 79.8 cm³/mol. The molecule has 0 bridgehead atoms. The molecule has 5 heteroatoms. The van der Waals surface area contributed by atoms with Gasteiger partial charge in [-0.2, -0.15) is 0 Å². The molecule has 0 spiro atoms. The lowest BCUT2D eigenvalue weighted by molar-refractivity contribution is 1.20. The van der Waals surface area contributed by atoms with Crippen LogP contribution in [0.3, 0.4) is 0 Å². The first-order valence-electron chi connectivity index (χ1n) is 5.76. The smallest absolute Gasteiger partial charge is 0.157 e. The number of imidazole rings is 1. The first-order chi connectivity index (χ1) is 9.08. The molecule has 2 N–H and O–H groups in total. The molecule has 96 valence electrons. The normalized spacial score (nSPS) is 11.1. The van der Waals surface area contributed by atoms with E-state index in [4.69, 9.17) is 28.9 Å². The average Bonchev–Trinajstić information content (AvgIpc) is 2.72. The van der Waals surface area contributed by atoms with Crippen LogP contribution in [0, 0.1) is 6.92 Å². The van der Waals surface area contributed by atoms with Gasteiger partial charge in [0.15, 0.2) is 5.65 Å². The zero-order valence-electron chi connectivity index (χ0n) is 10.2. The highest BCUT2D eigenvalue weighted by molar-refractivity contribution is 6.33. The van der Waals surface area contributed by atoms with Gasteiger partial charge in [-0.15, -0.1) is 0 Å². The molecule has 0 unspecified atom stereocenters. The highest BCUT2D eigenvalue weighted by Crippen LogP contribution is 2.31. The van der Waals surface area contributed by atoms with Crippen molar-refractivity contribution in [3.05, 3.63) is 52.1 Å². The van der Waals surface area contributed by atoms with Crippen LogP contribution in [-0.2, 0) is 0 Å². The third-order valence-corrected chi connectivity index (χ3v) is 3.79. The number of nitrogens with zero attached hydrogens (tertiary/aromatic N) is 2. The van der Waals surface area contributed by atoms with E-state index in [0.29, 0.717) is 22.2 Å². The van der Waals surface area contributed by atoms with Crippen LogP contribution in [0.4, 0.5) is 5.82 Å². The second kappa shape index (κ2) is 4.44. The third kappa shape index (κ3) is 1.95. The summed E-state index contributed by atoms with van der Waals surface area (Å²) in [5.41, 5.74) is 9.43. The molecule has 0 saturated heterocycles. The number of pyridine rings is 1. The SMILES string of the molecule is Cc1cc(-c2nc3c(Cl)cccn3c2N)ccc1Cl. The summed E-state index contributed by atoms with van der Waals surface area (Å²) in [4.78, 5) is 4.52. The zero-order chi connectivity index (χ0) is 13.6. The predicted octanol–water partition coefficient (Wildman–Crippen LogP) is 4.20. The number of rotatable bonds is 1. The molecule has 0 aliphatic heterocycles. The maximum atomic E-state index is 6.14. The van der Waals surface area contributed by atoms with Crippen molar-refractivity contribution in [3.63, 3.8) is 0 Å². The van der Waals surface area contributed by atoms with Gasteiger partial charge in [0.1, 0.15) is 11.5 Å². The molecule has 0 aliphatic carbocycles. The molecule has 0 saturated carbocycles. The molecule has 0 aliphatic rings. The van der Waals surface area contributed by atoms with Crippen molar-refractivity contribution in [1.82, 2.24) is 9.38 Å². The van der Waals surface area contributed by atoms with E-state index in [2.05, 4.69) is 4.98 Å². The minimum absolute atomic E-state index is 0.569. The number of nitrogens with two attached hydrogens (primary N) is 1. The molecular formula is C14H11Cl2N3. The van der Waals surface area contributed by atoms with Crippen LogP contribution in [0.5, 0.6) is 0 Å². The van der Waals surface area contributed by atoms with E-state index in [0.717, 1.165) is 16.1 Å². The van der Waals surface area contributed by atoms with Crippen LogP contribution in [0.15, 0.2) is 36.5 Å². The van der Waals surface area contributed by atoms with Crippen molar-refractivity contribution < 1.29 is 0 Å². The summed E-state index contributed by atoms with van der Waals surface area (Å²) in [6, 6.07) is 9.34. The summed E-state index contributed by atoms with van der Waals surface area (Å²) in [5, 5.41) is 1.30. The van der Waals surface area contributed by atoms with E-state index in [1.807, 2.05) is 37.4 Å². The van der Waals surface area contributed by atoms with Gasteiger partial charge in [0.25, 0.3) is 0 Å². The third-order valence-electron chi connectivity index (χ3n) is 3.07. The molecule has 2 heterocycles. The Hall–Kier alpha value is -1.71. The summed E-state index contributed by atoms with van der Waals surface area (Å²) in [7, 11) is 0. The maximum absolute atomic E-state index is 6.14. The average molecular weight is 292 g/mol. The lowest BCUT2D eigenvalue weighted by atomic mass is 10.1. The number of aryl methyl sites for hydroxylation is 1.